The minimum atomic E-state index is -3.65. The SMILES string of the molecule is O=C(NCCCN1CCc2ccccc2C1)C1CCN(S(=O)(=O)c2ccc(F)cc2)CC1. The summed E-state index contributed by atoms with van der Waals surface area (Å²) in [5.74, 6) is -0.631. The molecule has 0 aromatic heterocycles. The van der Waals surface area contributed by atoms with Gasteiger partial charge in [-0.2, -0.15) is 4.31 Å². The van der Waals surface area contributed by atoms with Gasteiger partial charge in [-0.05, 0) is 61.1 Å². The lowest BCUT2D eigenvalue weighted by molar-refractivity contribution is -0.126. The lowest BCUT2D eigenvalue weighted by Gasteiger charge is -2.31. The van der Waals surface area contributed by atoms with E-state index in [0.717, 1.165) is 44.6 Å². The Morgan fingerprint density at radius 1 is 1.00 bits per heavy atom. The molecule has 2 aromatic rings. The number of piperidine rings is 1. The molecule has 6 nitrogen and oxygen atoms in total. The number of amides is 1. The van der Waals surface area contributed by atoms with Crippen LogP contribution in [0.4, 0.5) is 4.39 Å². The molecule has 2 aliphatic rings. The third-order valence-electron chi connectivity index (χ3n) is 6.44. The number of hydrogen-bond donors (Lipinski definition) is 1. The maximum atomic E-state index is 13.1. The van der Waals surface area contributed by atoms with Gasteiger partial charge in [0.15, 0.2) is 0 Å². The summed E-state index contributed by atoms with van der Waals surface area (Å²) in [5.41, 5.74) is 2.83. The number of halogens is 1. The number of hydrogen-bond acceptors (Lipinski definition) is 4. The summed E-state index contributed by atoms with van der Waals surface area (Å²) in [6.45, 7) is 4.18. The normalized spacial score (nSPS) is 18.3. The number of carbonyl (C=O) groups excluding carboxylic acids is 1. The van der Waals surface area contributed by atoms with E-state index >= 15 is 0 Å². The van der Waals surface area contributed by atoms with Crippen LogP contribution in [0.15, 0.2) is 53.4 Å². The molecule has 2 aromatic carbocycles. The van der Waals surface area contributed by atoms with Crippen LogP contribution < -0.4 is 5.32 Å². The van der Waals surface area contributed by atoms with Crippen LogP contribution in [0, 0.1) is 11.7 Å². The Kier molecular flexibility index (Phi) is 7.23. The molecule has 1 amide bonds. The molecule has 0 radical (unpaired) electrons. The Balaban J connectivity index is 1.18. The van der Waals surface area contributed by atoms with Gasteiger partial charge in [-0.3, -0.25) is 9.69 Å². The van der Waals surface area contributed by atoms with Crippen molar-refractivity contribution < 1.29 is 17.6 Å². The first kappa shape index (κ1) is 22.9. The summed E-state index contributed by atoms with van der Waals surface area (Å²) in [6, 6.07) is 13.4. The van der Waals surface area contributed by atoms with Crippen molar-refractivity contribution in [3.05, 3.63) is 65.5 Å². The molecule has 0 saturated carbocycles. The smallest absolute Gasteiger partial charge is 0.243 e. The summed E-state index contributed by atoms with van der Waals surface area (Å²) in [5, 5.41) is 3.03. The highest BCUT2D eigenvalue weighted by molar-refractivity contribution is 7.89. The molecule has 1 saturated heterocycles. The second-order valence-electron chi connectivity index (χ2n) is 8.57. The van der Waals surface area contributed by atoms with Crippen molar-refractivity contribution in [3.8, 4) is 0 Å². The third kappa shape index (κ3) is 5.36. The van der Waals surface area contributed by atoms with E-state index < -0.39 is 15.8 Å². The van der Waals surface area contributed by atoms with Crippen molar-refractivity contribution >= 4 is 15.9 Å². The number of rotatable bonds is 7. The zero-order chi connectivity index (χ0) is 22.6. The van der Waals surface area contributed by atoms with Gasteiger partial charge < -0.3 is 5.32 Å². The first-order chi connectivity index (χ1) is 15.4. The molecule has 2 heterocycles. The van der Waals surface area contributed by atoms with E-state index in [-0.39, 0.29) is 16.7 Å². The number of fused-ring (bicyclic) bond motifs is 1. The standard InChI is InChI=1S/C24H30FN3O3S/c25-22-6-8-23(9-7-22)32(30,31)28-16-11-20(12-17-28)24(29)26-13-3-14-27-15-10-19-4-1-2-5-21(19)18-27/h1-2,4-9,20H,3,10-18H2,(H,26,29). The predicted molar refractivity (Wildman–Crippen MR) is 121 cm³/mol. The van der Waals surface area contributed by atoms with Crippen LogP contribution in [0.25, 0.3) is 0 Å². The second-order valence-corrected chi connectivity index (χ2v) is 10.5. The highest BCUT2D eigenvalue weighted by atomic mass is 32.2. The van der Waals surface area contributed by atoms with Crippen LogP contribution in [0.2, 0.25) is 0 Å². The molecule has 0 bridgehead atoms. The molecule has 0 spiro atoms. The molecule has 4 rings (SSSR count). The van der Waals surface area contributed by atoms with Crippen molar-refractivity contribution in [2.45, 2.75) is 37.1 Å². The van der Waals surface area contributed by atoms with E-state index in [9.17, 15) is 17.6 Å². The summed E-state index contributed by atoms with van der Waals surface area (Å²) < 4.78 is 39.9. The number of sulfonamides is 1. The molecular formula is C24H30FN3O3S. The Hall–Kier alpha value is -2.29. The lowest BCUT2D eigenvalue weighted by Crippen LogP contribution is -2.43. The number of benzene rings is 2. The van der Waals surface area contributed by atoms with Gasteiger partial charge in [-0.15, -0.1) is 0 Å². The number of nitrogens with one attached hydrogen (secondary N) is 1. The molecule has 0 aliphatic carbocycles. The van der Waals surface area contributed by atoms with E-state index in [1.807, 2.05) is 0 Å². The van der Waals surface area contributed by atoms with Gasteiger partial charge in [0.1, 0.15) is 5.82 Å². The monoisotopic (exact) mass is 459 g/mol. The molecule has 1 fully saturated rings. The van der Waals surface area contributed by atoms with Gasteiger partial charge in [0.2, 0.25) is 15.9 Å². The van der Waals surface area contributed by atoms with Crippen molar-refractivity contribution in [3.63, 3.8) is 0 Å². The average molecular weight is 460 g/mol. The van der Waals surface area contributed by atoms with E-state index in [4.69, 9.17) is 0 Å². The lowest BCUT2D eigenvalue weighted by atomic mass is 9.97. The van der Waals surface area contributed by atoms with Crippen LogP contribution in [0.1, 0.15) is 30.4 Å². The fourth-order valence-electron chi connectivity index (χ4n) is 4.52. The van der Waals surface area contributed by atoms with Gasteiger partial charge in [0.05, 0.1) is 4.90 Å². The van der Waals surface area contributed by atoms with Crippen molar-refractivity contribution in [1.82, 2.24) is 14.5 Å². The third-order valence-corrected chi connectivity index (χ3v) is 8.35. The Bertz CT molecular complexity index is 1030. The van der Waals surface area contributed by atoms with Crippen LogP contribution in [0.3, 0.4) is 0 Å². The second kappa shape index (κ2) is 10.1. The maximum Gasteiger partial charge on any atom is 0.243 e. The first-order valence-electron chi connectivity index (χ1n) is 11.3. The van der Waals surface area contributed by atoms with E-state index in [1.54, 1.807) is 0 Å². The van der Waals surface area contributed by atoms with Crippen molar-refractivity contribution in [1.29, 1.82) is 0 Å². The molecule has 0 atom stereocenters. The predicted octanol–water partition coefficient (Wildman–Crippen LogP) is 2.79. The summed E-state index contributed by atoms with van der Waals surface area (Å²) in [7, 11) is -3.65. The number of carbonyl (C=O) groups is 1. The Morgan fingerprint density at radius 2 is 1.69 bits per heavy atom. The molecule has 1 N–H and O–H groups in total. The van der Waals surface area contributed by atoms with Gasteiger partial charge >= 0.3 is 0 Å². The quantitative estimate of drug-likeness (QED) is 0.647. The molecular weight excluding hydrogens is 429 g/mol. The van der Waals surface area contributed by atoms with Crippen LogP contribution in [0.5, 0.6) is 0 Å². The van der Waals surface area contributed by atoms with Crippen molar-refractivity contribution in [2.75, 3.05) is 32.7 Å². The Labute approximate surface area is 189 Å². The summed E-state index contributed by atoms with van der Waals surface area (Å²) in [4.78, 5) is 15.1. The van der Waals surface area contributed by atoms with Crippen LogP contribution in [-0.4, -0.2) is 56.3 Å². The van der Waals surface area contributed by atoms with Crippen LogP contribution >= 0.6 is 0 Å². The van der Waals surface area contributed by atoms with E-state index in [2.05, 4.69) is 34.5 Å². The Morgan fingerprint density at radius 3 is 2.41 bits per heavy atom. The molecule has 2 aliphatic heterocycles. The van der Waals surface area contributed by atoms with Crippen molar-refractivity contribution in [2.24, 2.45) is 5.92 Å². The highest BCUT2D eigenvalue weighted by Crippen LogP contribution is 2.24. The molecule has 172 valence electrons. The maximum absolute atomic E-state index is 13.1. The molecule has 0 unspecified atom stereocenters. The van der Waals surface area contributed by atoms with Gasteiger partial charge in [-0.1, -0.05) is 24.3 Å². The fourth-order valence-corrected chi connectivity index (χ4v) is 5.99. The first-order valence-corrected chi connectivity index (χ1v) is 12.7. The largest absolute Gasteiger partial charge is 0.356 e. The van der Waals surface area contributed by atoms with Gasteiger partial charge in [-0.25, -0.2) is 12.8 Å². The zero-order valence-electron chi connectivity index (χ0n) is 18.2. The minimum Gasteiger partial charge on any atom is -0.356 e. The van der Waals surface area contributed by atoms with Gasteiger partial charge in [0.25, 0.3) is 0 Å². The molecule has 32 heavy (non-hydrogen) atoms. The average Bonchev–Trinajstić information content (AvgIpc) is 2.82. The zero-order valence-corrected chi connectivity index (χ0v) is 19.0. The van der Waals surface area contributed by atoms with Crippen LogP contribution in [-0.2, 0) is 27.8 Å². The minimum absolute atomic E-state index is 0.00724. The van der Waals surface area contributed by atoms with E-state index in [0.29, 0.717) is 32.5 Å². The van der Waals surface area contributed by atoms with E-state index in [1.165, 1.54) is 27.6 Å². The molecule has 8 heteroatoms. The summed E-state index contributed by atoms with van der Waals surface area (Å²) >= 11 is 0. The number of nitrogens with zero attached hydrogens (tertiary/aromatic N) is 2. The fraction of sp³-hybridized carbons (Fsp3) is 0.458. The highest BCUT2D eigenvalue weighted by Gasteiger charge is 2.32. The van der Waals surface area contributed by atoms with Gasteiger partial charge in [0, 0.05) is 45.2 Å². The summed E-state index contributed by atoms with van der Waals surface area (Å²) in [6.07, 6.45) is 2.96. The topological polar surface area (TPSA) is 69.7 Å².